The van der Waals surface area contributed by atoms with E-state index in [1.165, 1.54) is 12.8 Å². The summed E-state index contributed by atoms with van der Waals surface area (Å²) >= 11 is 0. The van der Waals surface area contributed by atoms with Crippen LogP contribution in [0, 0.1) is 0 Å². The SMILES string of the molecule is C=CC1(C)CCCN1NC. The second-order valence-electron chi connectivity index (χ2n) is 3.04. The third kappa shape index (κ3) is 1.09. The lowest BCUT2D eigenvalue weighted by Crippen LogP contribution is -2.46. The van der Waals surface area contributed by atoms with E-state index < -0.39 is 0 Å². The van der Waals surface area contributed by atoms with Crippen molar-refractivity contribution in [2.24, 2.45) is 0 Å². The Balaban J connectivity index is 2.65. The van der Waals surface area contributed by atoms with Gasteiger partial charge in [0.15, 0.2) is 0 Å². The molecule has 0 aromatic rings. The minimum atomic E-state index is 0.189. The molecule has 58 valence electrons. The average molecular weight is 140 g/mol. The normalized spacial score (nSPS) is 34.6. The van der Waals surface area contributed by atoms with Gasteiger partial charge in [-0.05, 0) is 26.8 Å². The highest BCUT2D eigenvalue weighted by Gasteiger charge is 2.32. The van der Waals surface area contributed by atoms with Gasteiger partial charge in [-0.25, -0.2) is 5.01 Å². The van der Waals surface area contributed by atoms with Crippen LogP contribution in [-0.2, 0) is 0 Å². The van der Waals surface area contributed by atoms with Crippen molar-refractivity contribution in [3.8, 4) is 0 Å². The molecule has 1 aliphatic rings. The smallest absolute Gasteiger partial charge is 0.0503 e. The summed E-state index contributed by atoms with van der Waals surface area (Å²) in [6.07, 6.45) is 4.51. The minimum absolute atomic E-state index is 0.189. The van der Waals surface area contributed by atoms with E-state index in [0.717, 1.165) is 6.54 Å². The Kier molecular flexibility index (Phi) is 2.11. The van der Waals surface area contributed by atoms with Crippen LogP contribution in [0.2, 0.25) is 0 Å². The van der Waals surface area contributed by atoms with Gasteiger partial charge in [0.1, 0.15) is 0 Å². The van der Waals surface area contributed by atoms with E-state index in [0.29, 0.717) is 0 Å². The summed E-state index contributed by atoms with van der Waals surface area (Å²) in [5.41, 5.74) is 3.36. The van der Waals surface area contributed by atoms with Crippen LogP contribution in [0.1, 0.15) is 19.8 Å². The fourth-order valence-electron chi connectivity index (χ4n) is 1.56. The summed E-state index contributed by atoms with van der Waals surface area (Å²) in [7, 11) is 1.97. The highest BCUT2D eigenvalue weighted by Crippen LogP contribution is 2.27. The molecule has 2 heteroatoms. The minimum Gasteiger partial charge on any atom is -0.257 e. The summed E-state index contributed by atoms with van der Waals surface area (Å²) in [4.78, 5) is 0. The van der Waals surface area contributed by atoms with Gasteiger partial charge in [-0.3, -0.25) is 5.43 Å². The summed E-state index contributed by atoms with van der Waals surface area (Å²) in [5, 5.41) is 2.24. The molecule has 1 atom stereocenters. The molecule has 1 fully saturated rings. The molecule has 0 aromatic heterocycles. The van der Waals surface area contributed by atoms with Crippen LogP contribution >= 0.6 is 0 Å². The molecule has 2 nitrogen and oxygen atoms in total. The van der Waals surface area contributed by atoms with Crippen molar-refractivity contribution in [3.63, 3.8) is 0 Å². The van der Waals surface area contributed by atoms with Crippen molar-refractivity contribution >= 4 is 0 Å². The first-order chi connectivity index (χ1) is 4.73. The van der Waals surface area contributed by atoms with Crippen molar-refractivity contribution < 1.29 is 0 Å². The van der Waals surface area contributed by atoms with Crippen LogP contribution in [0.3, 0.4) is 0 Å². The Morgan fingerprint density at radius 1 is 1.70 bits per heavy atom. The average Bonchev–Trinajstić information content (AvgIpc) is 2.32. The van der Waals surface area contributed by atoms with E-state index in [1.807, 2.05) is 13.1 Å². The Labute approximate surface area is 62.9 Å². The Morgan fingerprint density at radius 3 is 2.80 bits per heavy atom. The number of hydrazine groups is 1. The first-order valence-electron chi connectivity index (χ1n) is 3.81. The van der Waals surface area contributed by atoms with E-state index >= 15 is 0 Å². The third-order valence-electron chi connectivity index (χ3n) is 2.39. The lowest BCUT2D eigenvalue weighted by molar-refractivity contribution is 0.145. The lowest BCUT2D eigenvalue weighted by atomic mass is 10.0. The molecule has 10 heavy (non-hydrogen) atoms. The monoisotopic (exact) mass is 140 g/mol. The van der Waals surface area contributed by atoms with Crippen molar-refractivity contribution in [1.82, 2.24) is 10.4 Å². The van der Waals surface area contributed by atoms with Crippen LogP contribution in [0.4, 0.5) is 0 Å². The van der Waals surface area contributed by atoms with Gasteiger partial charge in [0, 0.05) is 6.54 Å². The Bertz CT molecular complexity index is 133. The third-order valence-corrected chi connectivity index (χ3v) is 2.39. The topological polar surface area (TPSA) is 15.3 Å². The first-order valence-corrected chi connectivity index (χ1v) is 3.81. The maximum Gasteiger partial charge on any atom is 0.0503 e. The zero-order chi connectivity index (χ0) is 7.61. The van der Waals surface area contributed by atoms with Gasteiger partial charge in [0.25, 0.3) is 0 Å². The molecular formula is C8H16N2. The van der Waals surface area contributed by atoms with Crippen LogP contribution in [0.15, 0.2) is 12.7 Å². The number of rotatable bonds is 2. The van der Waals surface area contributed by atoms with Crippen molar-refractivity contribution in [2.75, 3.05) is 13.6 Å². The molecule has 1 unspecified atom stereocenters. The Morgan fingerprint density at radius 2 is 2.40 bits per heavy atom. The zero-order valence-electron chi connectivity index (χ0n) is 6.85. The van der Waals surface area contributed by atoms with Gasteiger partial charge < -0.3 is 0 Å². The summed E-state index contributed by atoms with van der Waals surface area (Å²) < 4.78 is 0. The largest absolute Gasteiger partial charge is 0.257 e. The lowest BCUT2D eigenvalue weighted by Gasteiger charge is -2.31. The quantitative estimate of drug-likeness (QED) is 0.579. The summed E-state index contributed by atoms with van der Waals surface area (Å²) in [6.45, 7) is 7.18. The standard InChI is InChI=1S/C8H16N2/c1-4-8(2)6-5-7-10(8)9-3/h4,9H,1,5-7H2,2-3H3. The van der Waals surface area contributed by atoms with E-state index in [2.05, 4.69) is 23.9 Å². The maximum absolute atomic E-state index is 3.83. The molecule has 1 N–H and O–H groups in total. The number of nitrogens with one attached hydrogen (secondary N) is 1. The predicted molar refractivity (Wildman–Crippen MR) is 43.6 cm³/mol. The molecule has 0 spiro atoms. The molecule has 1 aliphatic heterocycles. The van der Waals surface area contributed by atoms with E-state index in [4.69, 9.17) is 0 Å². The Hall–Kier alpha value is -0.340. The molecular weight excluding hydrogens is 124 g/mol. The summed E-state index contributed by atoms with van der Waals surface area (Å²) in [5.74, 6) is 0. The number of hydrogen-bond donors (Lipinski definition) is 1. The summed E-state index contributed by atoms with van der Waals surface area (Å²) in [6, 6.07) is 0. The van der Waals surface area contributed by atoms with Crippen molar-refractivity contribution in [3.05, 3.63) is 12.7 Å². The molecule has 1 saturated heterocycles. The van der Waals surface area contributed by atoms with Crippen molar-refractivity contribution in [2.45, 2.75) is 25.3 Å². The highest BCUT2D eigenvalue weighted by atomic mass is 15.5. The number of nitrogens with zero attached hydrogens (tertiary/aromatic N) is 1. The highest BCUT2D eigenvalue weighted by molar-refractivity contribution is 5.03. The van der Waals surface area contributed by atoms with Gasteiger partial charge in [0.05, 0.1) is 5.54 Å². The van der Waals surface area contributed by atoms with Crippen LogP contribution in [0.25, 0.3) is 0 Å². The van der Waals surface area contributed by atoms with Gasteiger partial charge >= 0.3 is 0 Å². The van der Waals surface area contributed by atoms with Crippen LogP contribution < -0.4 is 5.43 Å². The second kappa shape index (κ2) is 2.72. The molecule has 0 amide bonds. The second-order valence-corrected chi connectivity index (χ2v) is 3.04. The molecule has 0 bridgehead atoms. The van der Waals surface area contributed by atoms with Crippen LogP contribution in [0.5, 0.6) is 0 Å². The van der Waals surface area contributed by atoms with Gasteiger partial charge in [-0.15, -0.1) is 6.58 Å². The van der Waals surface area contributed by atoms with Gasteiger partial charge in [0.2, 0.25) is 0 Å². The van der Waals surface area contributed by atoms with E-state index in [9.17, 15) is 0 Å². The molecule has 1 rings (SSSR count). The first kappa shape index (κ1) is 7.76. The molecule has 0 aliphatic carbocycles. The van der Waals surface area contributed by atoms with Crippen LogP contribution in [-0.4, -0.2) is 24.1 Å². The number of hydrogen-bond acceptors (Lipinski definition) is 2. The van der Waals surface area contributed by atoms with E-state index in [1.54, 1.807) is 0 Å². The molecule has 0 saturated carbocycles. The van der Waals surface area contributed by atoms with Crippen molar-refractivity contribution in [1.29, 1.82) is 0 Å². The fraction of sp³-hybridized carbons (Fsp3) is 0.750. The maximum atomic E-state index is 3.83. The molecule has 0 radical (unpaired) electrons. The van der Waals surface area contributed by atoms with E-state index in [-0.39, 0.29) is 5.54 Å². The fourth-order valence-corrected chi connectivity index (χ4v) is 1.56. The van der Waals surface area contributed by atoms with Gasteiger partial charge in [-0.1, -0.05) is 6.08 Å². The van der Waals surface area contributed by atoms with Gasteiger partial charge in [-0.2, -0.15) is 0 Å². The predicted octanol–water partition coefficient (Wildman–Crippen LogP) is 1.16. The molecule has 1 heterocycles. The molecule has 0 aromatic carbocycles. The zero-order valence-corrected chi connectivity index (χ0v) is 6.85.